The van der Waals surface area contributed by atoms with Gasteiger partial charge >= 0.3 is 0 Å². The maximum absolute atomic E-state index is 12.4. The summed E-state index contributed by atoms with van der Waals surface area (Å²) in [5.74, 6) is 1.18. The van der Waals surface area contributed by atoms with Gasteiger partial charge in [0.05, 0.1) is 30.3 Å². The molecule has 0 aliphatic heterocycles. The number of anilines is 3. The number of hydrogen-bond acceptors (Lipinski definition) is 4. The number of carbonyl (C=O) groups is 1. The van der Waals surface area contributed by atoms with Crippen LogP contribution in [0, 0.1) is 6.92 Å². The zero-order chi connectivity index (χ0) is 16.9. The van der Waals surface area contributed by atoms with Crippen LogP contribution in [0.15, 0.2) is 65.3 Å². The minimum Gasteiger partial charge on any atom is -0.497 e. The highest BCUT2D eigenvalue weighted by molar-refractivity contribution is 6.06. The van der Waals surface area contributed by atoms with Crippen LogP contribution in [0.1, 0.15) is 16.1 Å². The number of aryl methyl sites for hydroxylation is 1. The third-order valence-electron chi connectivity index (χ3n) is 3.65. The molecule has 0 spiro atoms. The Bertz CT molecular complexity index is 838. The molecular weight excluding hydrogens is 304 g/mol. The first-order valence-corrected chi connectivity index (χ1v) is 7.53. The number of ether oxygens (including phenoxy) is 1. The van der Waals surface area contributed by atoms with E-state index in [0.717, 1.165) is 17.1 Å². The van der Waals surface area contributed by atoms with Gasteiger partial charge in [0.15, 0.2) is 0 Å². The van der Waals surface area contributed by atoms with Gasteiger partial charge in [-0.3, -0.25) is 4.79 Å². The van der Waals surface area contributed by atoms with Crippen LogP contribution in [0.2, 0.25) is 0 Å². The second-order valence-electron chi connectivity index (χ2n) is 5.24. The van der Waals surface area contributed by atoms with Gasteiger partial charge in [-0.25, -0.2) is 0 Å². The minimum absolute atomic E-state index is 0.203. The van der Waals surface area contributed by atoms with E-state index in [0.29, 0.717) is 17.0 Å². The van der Waals surface area contributed by atoms with Crippen molar-refractivity contribution in [2.45, 2.75) is 6.92 Å². The highest BCUT2D eigenvalue weighted by Crippen LogP contribution is 2.27. The van der Waals surface area contributed by atoms with Crippen molar-refractivity contribution in [1.82, 2.24) is 0 Å². The van der Waals surface area contributed by atoms with Gasteiger partial charge in [0, 0.05) is 5.69 Å². The zero-order valence-corrected chi connectivity index (χ0v) is 13.5. The quantitative estimate of drug-likeness (QED) is 0.721. The summed E-state index contributed by atoms with van der Waals surface area (Å²) < 4.78 is 10.3. The Morgan fingerprint density at radius 2 is 1.71 bits per heavy atom. The van der Waals surface area contributed by atoms with Gasteiger partial charge in [0.2, 0.25) is 0 Å². The lowest BCUT2D eigenvalue weighted by atomic mass is 10.2. The number of benzene rings is 2. The van der Waals surface area contributed by atoms with Gasteiger partial charge < -0.3 is 19.8 Å². The SMILES string of the molecule is COc1ccc(Nc2ccccc2NC(=O)c2ccoc2C)cc1. The molecule has 2 aromatic carbocycles. The van der Waals surface area contributed by atoms with Crippen molar-refractivity contribution in [2.75, 3.05) is 17.7 Å². The first kappa shape index (κ1) is 15.7. The molecule has 5 heteroatoms. The molecule has 0 aliphatic carbocycles. The first-order valence-electron chi connectivity index (χ1n) is 7.53. The summed E-state index contributed by atoms with van der Waals surface area (Å²) in [6.45, 7) is 1.76. The molecule has 0 atom stereocenters. The fourth-order valence-corrected chi connectivity index (χ4v) is 2.34. The Kier molecular flexibility index (Phi) is 4.52. The standard InChI is InChI=1S/C19H18N2O3/c1-13-16(11-12-24-13)19(22)21-18-6-4-3-5-17(18)20-14-7-9-15(23-2)10-8-14/h3-12,20H,1-2H3,(H,21,22). The second-order valence-corrected chi connectivity index (χ2v) is 5.24. The predicted octanol–water partition coefficient (Wildman–Crippen LogP) is 4.59. The number of carbonyl (C=O) groups excluding carboxylic acids is 1. The fourth-order valence-electron chi connectivity index (χ4n) is 2.34. The summed E-state index contributed by atoms with van der Waals surface area (Å²) in [5.41, 5.74) is 2.92. The van der Waals surface area contributed by atoms with Crippen LogP contribution < -0.4 is 15.4 Å². The highest BCUT2D eigenvalue weighted by Gasteiger charge is 2.13. The van der Waals surface area contributed by atoms with Crippen molar-refractivity contribution in [2.24, 2.45) is 0 Å². The van der Waals surface area contributed by atoms with Crippen molar-refractivity contribution in [3.05, 3.63) is 72.2 Å². The monoisotopic (exact) mass is 322 g/mol. The molecule has 3 aromatic rings. The van der Waals surface area contributed by atoms with Gasteiger partial charge in [-0.2, -0.15) is 0 Å². The molecule has 1 amide bonds. The van der Waals surface area contributed by atoms with Crippen LogP contribution in [0.3, 0.4) is 0 Å². The van der Waals surface area contributed by atoms with Crippen molar-refractivity contribution in [3.8, 4) is 5.75 Å². The average molecular weight is 322 g/mol. The molecule has 0 radical (unpaired) electrons. The number of furan rings is 1. The number of amides is 1. The van der Waals surface area contributed by atoms with E-state index in [4.69, 9.17) is 9.15 Å². The Hall–Kier alpha value is -3.21. The van der Waals surface area contributed by atoms with Gasteiger partial charge in [-0.15, -0.1) is 0 Å². The lowest BCUT2D eigenvalue weighted by Crippen LogP contribution is -2.13. The summed E-state index contributed by atoms with van der Waals surface area (Å²) >= 11 is 0. The van der Waals surface area contributed by atoms with Crippen LogP contribution in [-0.2, 0) is 0 Å². The third kappa shape index (κ3) is 3.41. The number of rotatable bonds is 5. The van der Waals surface area contributed by atoms with Gasteiger partial charge in [-0.1, -0.05) is 12.1 Å². The van der Waals surface area contributed by atoms with Gasteiger partial charge in [0.1, 0.15) is 11.5 Å². The Morgan fingerprint density at radius 3 is 2.33 bits per heavy atom. The topological polar surface area (TPSA) is 63.5 Å². The molecular formula is C19H18N2O3. The molecule has 0 aliphatic rings. The minimum atomic E-state index is -0.203. The second kappa shape index (κ2) is 6.91. The van der Waals surface area contributed by atoms with E-state index >= 15 is 0 Å². The maximum Gasteiger partial charge on any atom is 0.259 e. The molecule has 0 unspecified atom stereocenters. The van der Waals surface area contributed by atoms with Crippen molar-refractivity contribution < 1.29 is 13.9 Å². The smallest absolute Gasteiger partial charge is 0.259 e. The summed E-state index contributed by atoms with van der Waals surface area (Å²) in [5, 5.41) is 6.21. The van der Waals surface area contributed by atoms with Crippen molar-refractivity contribution in [3.63, 3.8) is 0 Å². The summed E-state index contributed by atoms with van der Waals surface area (Å²) in [6.07, 6.45) is 1.51. The van der Waals surface area contributed by atoms with Crippen LogP contribution in [0.4, 0.5) is 17.1 Å². The van der Waals surface area contributed by atoms with E-state index in [1.54, 1.807) is 20.1 Å². The van der Waals surface area contributed by atoms with Gasteiger partial charge in [-0.05, 0) is 49.4 Å². The van der Waals surface area contributed by atoms with E-state index in [-0.39, 0.29) is 5.91 Å². The normalized spacial score (nSPS) is 10.2. The van der Waals surface area contributed by atoms with Crippen LogP contribution >= 0.6 is 0 Å². The Balaban J connectivity index is 1.80. The number of hydrogen-bond donors (Lipinski definition) is 2. The fraction of sp³-hybridized carbons (Fsp3) is 0.105. The molecule has 122 valence electrons. The van der Waals surface area contributed by atoms with E-state index in [1.807, 2.05) is 48.5 Å². The van der Waals surface area contributed by atoms with Crippen LogP contribution in [0.25, 0.3) is 0 Å². The number of para-hydroxylation sites is 2. The summed E-state index contributed by atoms with van der Waals surface area (Å²) in [7, 11) is 1.63. The molecule has 0 saturated heterocycles. The highest BCUT2D eigenvalue weighted by atomic mass is 16.5. The Labute approximate surface area is 140 Å². The molecule has 0 bridgehead atoms. The van der Waals surface area contributed by atoms with Crippen molar-refractivity contribution >= 4 is 23.0 Å². The maximum atomic E-state index is 12.4. The molecule has 0 fully saturated rings. The summed E-state index contributed by atoms with van der Waals surface area (Å²) in [6, 6.07) is 16.8. The average Bonchev–Trinajstić information content (AvgIpc) is 3.03. The van der Waals surface area contributed by atoms with E-state index in [9.17, 15) is 4.79 Å². The Morgan fingerprint density at radius 1 is 1.00 bits per heavy atom. The lowest BCUT2D eigenvalue weighted by Gasteiger charge is -2.13. The molecule has 5 nitrogen and oxygen atoms in total. The third-order valence-corrected chi connectivity index (χ3v) is 3.65. The first-order chi connectivity index (χ1) is 11.7. The molecule has 3 rings (SSSR count). The molecule has 2 N–H and O–H groups in total. The lowest BCUT2D eigenvalue weighted by molar-refractivity contribution is 0.102. The van der Waals surface area contributed by atoms with E-state index in [1.165, 1.54) is 6.26 Å². The zero-order valence-electron chi connectivity index (χ0n) is 13.5. The number of methoxy groups -OCH3 is 1. The largest absolute Gasteiger partial charge is 0.497 e. The molecule has 0 saturated carbocycles. The molecule has 1 aromatic heterocycles. The molecule has 1 heterocycles. The summed E-state index contributed by atoms with van der Waals surface area (Å²) in [4.78, 5) is 12.4. The van der Waals surface area contributed by atoms with Gasteiger partial charge in [0.25, 0.3) is 5.91 Å². The van der Waals surface area contributed by atoms with E-state index in [2.05, 4.69) is 10.6 Å². The van der Waals surface area contributed by atoms with Crippen LogP contribution in [-0.4, -0.2) is 13.0 Å². The van der Waals surface area contributed by atoms with Crippen molar-refractivity contribution in [1.29, 1.82) is 0 Å². The van der Waals surface area contributed by atoms with E-state index < -0.39 is 0 Å². The molecule has 24 heavy (non-hydrogen) atoms. The van der Waals surface area contributed by atoms with Crippen LogP contribution in [0.5, 0.6) is 5.75 Å². The number of nitrogens with one attached hydrogen (secondary N) is 2. The predicted molar refractivity (Wildman–Crippen MR) is 94.1 cm³/mol.